The molecule has 0 bridgehead atoms. The first-order valence-electron chi connectivity index (χ1n) is 5.97. The Hall–Kier alpha value is -1.17. The van der Waals surface area contributed by atoms with Crippen LogP contribution >= 0.6 is 15.9 Å². The summed E-state index contributed by atoms with van der Waals surface area (Å²) in [6.07, 6.45) is 2.96. The fourth-order valence-electron chi connectivity index (χ4n) is 1.64. The van der Waals surface area contributed by atoms with Crippen LogP contribution in [0, 0.1) is 17.0 Å². The van der Waals surface area contributed by atoms with Crippen molar-refractivity contribution in [3.63, 3.8) is 0 Å². The molecule has 1 atom stereocenters. The Kier molecular flexibility index (Phi) is 5.53. The van der Waals surface area contributed by atoms with Gasteiger partial charge in [-0.3, -0.25) is 10.1 Å². The number of halogens is 1. The molecule has 1 rings (SSSR count). The molecule has 1 aromatic rings. The monoisotopic (exact) mass is 316 g/mol. The number of aryl methyl sites for hydroxylation is 1. The molecular weight excluding hydrogens is 300 g/mol. The average Bonchev–Trinajstić information content (AvgIpc) is 2.32. The number of ether oxygens (including phenoxy) is 1. The topological polar surface area (TPSA) is 65.3 Å². The van der Waals surface area contributed by atoms with Gasteiger partial charge in [-0.25, -0.2) is 4.98 Å². The molecule has 0 radical (unpaired) electrons. The highest BCUT2D eigenvalue weighted by atomic mass is 79.9. The van der Waals surface area contributed by atoms with E-state index in [0.717, 1.165) is 19.3 Å². The average molecular weight is 317 g/mol. The number of nitro groups is 1. The minimum atomic E-state index is -0.444. The highest BCUT2D eigenvalue weighted by Crippen LogP contribution is 2.30. The van der Waals surface area contributed by atoms with E-state index in [4.69, 9.17) is 4.74 Å². The Morgan fingerprint density at radius 1 is 1.56 bits per heavy atom. The SMILES string of the molecule is CCCC(CC)Oc1nc(C)c([N+](=O)[O-])cc1Br. The fourth-order valence-corrected chi connectivity index (χ4v) is 2.04. The second-order valence-electron chi connectivity index (χ2n) is 4.07. The normalized spacial score (nSPS) is 12.2. The molecule has 0 aromatic carbocycles. The lowest BCUT2D eigenvalue weighted by molar-refractivity contribution is -0.385. The Morgan fingerprint density at radius 2 is 2.22 bits per heavy atom. The van der Waals surface area contributed by atoms with Crippen molar-refractivity contribution in [3.8, 4) is 5.88 Å². The summed E-state index contributed by atoms with van der Waals surface area (Å²) in [7, 11) is 0. The van der Waals surface area contributed by atoms with Crippen LogP contribution in [0.1, 0.15) is 38.8 Å². The summed E-state index contributed by atoms with van der Waals surface area (Å²) in [6.45, 7) is 5.75. The minimum Gasteiger partial charge on any atom is -0.474 e. The number of hydrogen-bond acceptors (Lipinski definition) is 4. The molecule has 0 aliphatic rings. The lowest BCUT2D eigenvalue weighted by Gasteiger charge is -2.17. The predicted molar refractivity (Wildman–Crippen MR) is 72.9 cm³/mol. The third-order valence-corrected chi connectivity index (χ3v) is 3.22. The van der Waals surface area contributed by atoms with Crippen molar-refractivity contribution in [1.29, 1.82) is 0 Å². The van der Waals surface area contributed by atoms with E-state index in [0.29, 0.717) is 16.0 Å². The van der Waals surface area contributed by atoms with E-state index in [-0.39, 0.29) is 11.8 Å². The third-order valence-electron chi connectivity index (χ3n) is 2.65. The highest BCUT2D eigenvalue weighted by Gasteiger charge is 2.18. The van der Waals surface area contributed by atoms with Gasteiger partial charge in [0.2, 0.25) is 5.88 Å². The molecular formula is C12H17BrN2O3. The molecule has 1 unspecified atom stereocenters. The van der Waals surface area contributed by atoms with Crippen LogP contribution in [0.15, 0.2) is 10.5 Å². The lowest BCUT2D eigenvalue weighted by Crippen LogP contribution is -2.16. The number of pyridine rings is 1. The van der Waals surface area contributed by atoms with Gasteiger partial charge in [-0.1, -0.05) is 20.3 Å². The molecule has 0 saturated carbocycles. The van der Waals surface area contributed by atoms with Crippen LogP contribution in [0.4, 0.5) is 5.69 Å². The van der Waals surface area contributed by atoms with Crippen molar-refractivity contribution in [1.82, 2.24) is 4.98 Å². The molecule has 0 aliphatic carbocycles. The summed E-state index contributed by atoms with van der Waals surface area (Å²) < 4.78 is 6.29. The van der Waals surface area contributed by atoms with Crippen molar-refractivity contribution in [2.75, 3.05) is 0 Å². The smallest absolute Gasteiger partial charge is 0.291 e. The highest BCUT2D eigenvalue weighted by molar-refractivity contribution is 9.10. The molecule has 0 fully saturated rings. The van der Waals surface area contributed by atoms with E-state index in [2.05, 4.69) is 27.8 Å². The van der Waals surface area contributed by atoms with E-state index < -0.39 is 4.92 Å². The largest absolute Gasteiger partial charge is 0.474 e. The van der Waals surface area contributed by atoms with Crippen molar-refractivity contribution in [3.05, 3.63) is 26.3 Å². The molecule has 0 saturated heterocycles. The van der Waals surface area contributed by atoms with E-state index in [9.17, 15) is 10.1 Å². The summed E-state index contributed by atoms with van der Waals surface area (Å²) >= 11 is 3.27. The van der Waals surface area contributed by atoms with Crippen LogP contribution < -0.4 is 4.74 Å². The third kappa shape index (κ3) is 3.66. The molecule has 0 amide bonds. The second-order valence-corrected chi connectivity index (χ2v) is 4.93. The maximum atomic E-state index is 10.8. The molecule has 6 heteroatoms. The standard InChI is InChI=1S/C12H17BrN2O3/c1-4-6-9(5-2)18-12-10(13)7-11(15(16)17)8(3)14-12/h7,9H,4-6H2,1-3H3. The minimum absolute atomic E-state index is 0.00207. The van der Waals surface area contributed by atoms with Crippen molar-refractivity contribution in [2.24, 2.45) is 0 Å². The van der Waals surface area contributed by atoms with Gasteiger partial charge in [0.25, 0.3) is 5.69 Å². The zero-order valence-corrected chi connectivity index (χ0v) is 12.4. The Balaban J connectivity index is 2.97. The van der Waals surface area contributed by atoms with E-state index in [1.165, 1.54) is 6.07 Å². The first kappa shape index (κ1) is 14.9. The molecule has 0 N–H and O–H groups in total. The Morgan fingerprint density at radius 3 is 2.72 bits per heavy atom. The van der Waals surface area contributed by atoms with Crippen LogP contribution in [-0.4, -0.2) is 16.0 Å². The van der Waals surface area contributed by atoms with Gasteiger partial charge in [0.05, 0.1) is 9.40 Å². The molecule has 0 aliphatic heterocycles. The summed E-state index contributed by atoms with van der Waals surface area (Å²) in [5, 5.41) is 10.8. The van der Waals surface area contributed by atoms with Crippen LogP contribution in [0.25, 0.3) is 0 Å². The molecule has 18 heavy (non-hydrogen) atoms. The Bertz CT molecular complexity index is 438. The summed E-state index contributed by atoms with van der Waals surface area (Å²) in [4.78, 5) is 14.5. The van der Waals surface area contributed by atoms with E-state index in [1.54, 1.807) is 6.92 Å². The molecule has 1 heterocycles. The van der Waals surface area contributed by atoms with Gasteiger partial charge in [-0.15, -0.1) is 0 Å². The maximum Gasteiger partial charge on any atom is 0.291 e. The zero-order valence-electron chi connectivity index (χ0n) is 10.8. The molecule has 100 valence electrons. The lowest BCUT2D eigenvalue weighted by atomic mass is 10.1. The predicted octanol–water partition coefficient (Wildman–Crippen LogP) is 4.02. The summed E-state index contributed by atoms with van der Waals surface area (Å²) in [5.41, 5.74) is 0.363. The second kappa shape index (κ2) is 6.68. The molecule has 5 nitrogen and oxygen atoms in total. The van der Waals surface area contributed by atoms with Crippen molar-refractivity contribution < 1.29 is 9.66 Å². The van der Waals surface area contributed by atoms with Gasteiger partial charge < -0.3 is 4.74 Å². The van der Waals surface area contributed by atoms with Gasteiger partial charge >= 0.3 is 0 Å². The number of nitrogens with zero attached hydrogens (tertiary/aromatic N) is 2. The first-order valence-corrected chi connectivity index (χ1v) is 6.77. The molecule has 0 spiro atoms. The van der Waals surface area contributed by atoms with Gasteiger partial charge in [0, 0.05) is 6.07 Å². The fraction of sp³-hybridized carbons (Fsp3) is 0.583. The first-order chi connectivity index (χ1) is 8.49. The number of rotatable bonds is 6. The van der Waals surface area contributed by atoms with Crippen LogP contribution in [0.2, 0.25) is 0 Å². The number of aromatic nitrogens is 1. The van der Waals surface area contributed by atoms with Gasteiger partial charge in [-0.2, -0.15) is 0 Å². The zero-order chi connectivity index (χ0) is 13.7. The van der Waals surface area contributed by atoms with Crippen molar-refractivity contribution in [2.45, 2.75) is 46.1 Å². The van der Waals surface area contributed by atoms with E-state index in [1.807, 2.05) is 6.92 Å². The van der Waals surface area contributed by atoms with E-state index >= 15 is 0 Å². The summed E-state index contributed by atoms with van der Waals surface area (Å²) in [6, 6.07) is 1.44. The van der Waals surface area contributed by atoms with Crippen LogP contribution in [-0.2, 0) is 0 Å². The van der Waals surface area contributed by atoms with Crippen LogP contribution in [0.5, 0.6) is 5.88 Å². The maximum absolute atomic E-state index is 10.8. The van der Waals surface area contributed by atoms with Gasteiger partial charge in [0.1, 0.15) is 11.8 Å². The van der Waals surface area contributed by atoms with Crippen molar-refractivity contribution >= 4 is 21.6 Å². The summed E-state index contributed by atoms with van der Waals surface area (Å²) in [5.74, 6) is 0.429. The van der Waals surface area contributed by atoms with Gasteiger partial charge in [-0.05, 0) is 35.7 Å². The van der Waals surface area contributed by atoms with Gasteiger partial charge in [0.15, 0.2) is 0 Å². The quantitative estimate of drug-likeness (QED) is 0.587. The van der Waals surface area contributed by atoms with Crippen LogP contribution in [0.3, 0.4) is 0 Å². The molecule has 1 aromatic heterocycles. The number of hydrogen-bond donors (Lipinski definition) is 0. The Labute approximate surface area is 115 Å².